The monoisotopic (exact) mass is 333 g/mol. The van der Waals surface area contributed by atoms with Crippen LogP contribution in [0.2, 0.25) is 0 Å². The number of aliphatic hydroxyl groups excluding tert-OH is 1. The summed E-state index contributed by atoms with van der Waals surface area (Å²) < 4.78 is 6.93. The third kappa shape index (κ3) is 3.01. The molecule has 0 aromatic carbocycles. The SMILES string of the molecule is O=C1CC(=O)C(=Nc2c(OCCO)nn3ccccc23)C=C1Cl. The Morgan fingerprint density at radius 1 is 1.35 bits per heavy atom. The van der Waals surface area contributed by atoms with Crippen molar-refractivity contribution in [3.05, 3.63) is 35.5 Å². The quantitative estimate of drug-likeness (QED) is 0.855. The zero-order valence-electron chi connectivity index (χ0n) is 11.9. The second kappa shape index (κ2) is 6.31. The first-order valence-electron chi connectivity index (χ1n) is 6.83. The first-order chi connectivity index (χ1) is 11.1. The largest absolute Gasteiger partial charge is 0.473 e. The molecule has 0 unspecified atom stereocenters. The van der Waals surface area contributed by atoms with E-state index in [0.717, 1.165) is 0 Å². The number of fused-ring (bicyclic) bond motifs is 1. The summed E-state index contributed by atoms with van der Waals surface area (Å²) in [5.74, 6) is -0.651. The molecule has 2 aromatic rings. The second-order valence-electron chi connectivity index (χ2n) is 4.77. The number of ketones is 2. The fraction of sp³-hybridized carbons (Fsp3) is 0.200. The van der Waals surface area contributed by atoms with Crippen LogP contribution in [0.15, 0.2) is 40.5 Å². The molecule has 0 atom stereocenters. The minimum atomic E-state index is -0.424. The zero-order chi connectivity index (χ0) is 16.4. The average molecular weight is 334 g/mol. The fourth-order valence-corrected chi connectivity index (χ4v) is 2.30. The van der Waals surface area contributed by atoms with Crippen molar-refractivity contribution >= 4 is 40.1 Å². The lowest BCUT2D eigenvalue weighted by atomic mass is 10.0. The molecular formula is C15H12ClN3O4. The smallest absolute Gasteiger partial charge is 0.260 e. The Bertz CT molecular complexity index is 854. The summed E-state index contributed by atoms with van der Waals surface area (Å²) >= 11 is 5.80. The van der Waals surface area contributed by atoms with Crippen molar-refractivity contribution in [2.45, 2.75) is 6.42 Å². The molecule has 0 saturated heterocycles. The number of hydrogen-bond donors (Lipinski definition) is 1. The van der Waals surface area contributed by atoms with Gasteiger partial charge in [-0.15, -0.1) is 5.10 Å². The van der Waals surface area contributed by atoms with Crippen LogP contribution in [0, 0.1) is 0 Å². The Hall–Kier alpha value is -2.51. The highest BCUT2D eigenvalue weighted by Gasteiger charge is 2.25. The molecule has 1 aliphatic rings. The Kier molecular flexibility index (Phi) is 4.22. The first kappa shape index (κ1) is 15.4. The van der Waals surface area contributed by atoms with Crippen LogP contribution in [0.1, 0.15) is 6.42 Å². The van der Waals surface area contributed by atoms with Crippen LogP contribution in [0.4, 0.5) is 5.69 Å². The Balaban J connectivity index is 2.12. The number of ether oxygens (including phenoxy) is 1. The lowest BCUT2D eigenvalue weighted by Crippen LogP contribution is -2.22. The summed E-state index contributed by atoms with van der Waals surface area (Å²) in [6.07, 6.45) is 2.65. The van der Waals surface area contributed by atoms with Crippen LogP contribution < -0.4 is 4.74 Å². The minimum absolute atomic E-state index is 0.0300. The van der Waals surface area contributed by atoms with Gasteiger partial charge >= 0.3 is 0 Å². The van der Waals surface area contributed by atoms with E-state index in [1.807, 2.05) is 0 Å². The summed E-state index contributed by atoms with van der Waals surface area (Å²) in [5.41, 5.74) is 1.04. The van der Waals surface area contributed by atoms with Gasteiger partial charge in [0.15, 0.2) is 17.3 Å². The van der Waals surface area contributed by atoms with Crippen molar-refractivity contribution in [1.82, 2.24) is 9.61 Å². The fourth-order valence-electron chi connectivity index (χ4n) is 2.13. The number of Topliss-reactive ketones (excluding diaryl/α,β-unsaturated/α-hetero) is 2. The second-order valence-corrected chi connectivity index (χ2v) is 5.18. The number of aliphatic imine (C=N–C) groups is 1. The number of rotatable bonds is 4. The lowest BCUT2D eigenvalue weighted by molar-refractivity contribution is -0.121. The van der Waals surface area contributed by atoms with Gasteiger partial charge in [-0.05, 0) is 18.2 Å². The standard InChI is InChI=1S/C15H12ClN3O4/c16-9-7-10(13(22)8-12(9)21)17-14-11-3-1-2-4-19(11)18-15(14)23-6-5-20/h1-4,7,20H,5-6,8H2. The van der Waals surface area contributed by atoms with Gasteiger partial charge < -0.3 is 9.84 Å². The van der Waals surface area contributed by atoms with E-state index >= 15 is 0 Å². The van der Waals surface area contributed by atoms with Crippen molar-refractivity contribution in [2.24, 2.45) is 4.99 Å². The van der Waals surface area contributed by atoms with Gasteiger partial charge in [-0.25, -0.2) is 9.51 Å². The highest BCUT2D eigenvalue weighted by molar-refractivity contribution is 6.57. The van der Waals surface area contributed by atoms with Crippen LogP contribution in [0.3, 0.4) is 0 Å². The van der Waals surface area contributed by atoms with Gasteiger partial charge in [-0.1, -0.05) is 17.7 Å². The minimum Gasteiger partial charge on any atom is -0.473 e. The molecule has 0 radical (unpaired) electrons. The van der Waals surface area contributed by atoms with Crippen LogP contribution >= 0.6 is 11.6 Å². The number of carbonyl (C=O) groups is 2. The van der Waals surface area contributed by atoms with Gasteiger partial charge in [0.2, 0.25) is 0 Å². The molecule has 0 fully saturated rings. The van der Waals surface area contributed by atoms with E-state index < -0.39 is 11.6 Å². The van der Waals surface area contributed by atoms with E-state index in [9.17, 15) is 9.59 Å². The molecule has 0 saturated carbocycles. The van der Waals surface area contributed by atoms with Gasteiger partial charge in [-0.3, -0.25) is 9.59 Å². The van der Waals surface area contributed by atoms with E-state index in [1.54, 1.807) is 28.9 Å². The molecule has 0 bridgehead atoms. The molecule has 0 amide bonds. The highest BCUT2D eigenvalue weighted by Crippen LogP contribution is 2.32. The first-order valence-corrected chi connectivity index (χ1v) is 7.21. The Labute approximate surface area is 135 Å². The third-order valence-electron chi connectivity index (χ3n) is 3.18. The molecule has 118 valence electrons. The summed E-state index contributed by atoms with van der Waals surface area (Å²) in [6, 6.07) is 5.35. The van der Waals surface area contributed by atoms with Gasteiger partial charge in [0.05, 0.1) is 23.6 Å². The number of aliphatic hydroxyl groups is 1. The molecule has 1 N–H and O–H groups in total. The number of aromatic nitrogens is 2. The number of carbonyl (C=O) groups excluding carboxylic acids is 2. The molecule has 7 nitrogen and oxygen atoms in total. The average Bonchev–Trinajstić information content (AvgIpc) is 2.88. The van der Waals surface area contributed by atoms with Gasteiger partial charge in [0.1, 0.15) is 12.3 Å². The van der Waals surface area contributed by atoms with Crippen LogP contribution in [0.25, 0.3) is 5.52 Å². The molecular weight excluding hydrogens is 322 g/mol. The van der Waals surface area contributed by atoms with Crippen molar-refractivity contribution in [2.75, 3.05) is 13.2 Å². The number of allylic oxidation sites excluding steroid dienone is 2. The Morgan fingerprint density at radius 2 is 2.17 bits per heavy atom. The van der Waals surface area contributed by atoms with E-state index in [4.69, 9.17) is 21.4 Å². The molecule has 8 heteroatoms. The number of pyridine rings is 1. The van der Waals surface area contributed by atoms with Gasteiger partial charge in [-0.2, -0.15) is 0 Å². The van der Waals surface area contributed by atoms with Gasteiger partial charge in [0, 0.05) is 6.20 Å². The normalized spacial score (nSPS) is 17.0. The predicted octanol–water partition coefficient (Wildman–Crippen LogP) is 1.44. The number of hydrogen-bond acceptors (Lipinski definition) is 6. The summed E-state index contributed by atoms with van der Waals surface area (Å²) in [5, 5.41) is 13.1. The maximum Gasteiger partial charge on any atom is 0.260 e. The lowest BCUT2D eigenvalue weighted by Gasteiger charge is -2.08. The summed E-state index contributed by atoms with van der Waals surface area (Å²) in [6.45, 7) is -0.131. The maximum absolute atomic E-state index is 12.0. The molecule has 1 aliphatic carbocycles. The number of nitrogens with zero attached hydrogens (tertiary/aromatic N) is 3. The van der Waals surface area contributed by atoms with Gasteiger partial charge in [0.25, 0.3) is 5.88 Å². The summed E-state index contributed by atoms with van der Waals surface area (Å²) in [7, 11) is 0. The molecule has 0 spiro atoms. The molecule has 2 aromatic heterocycles. The summed E-state index contributed by atoms with van der Waals surface area (Å²) in [4.78, 5) is 27.7. The van der Waals surface area contributed by atoms with E-state index in [-0.39, 0.29) is 36.3 Å². The van der Waals surface area contributed by atoms with Crippen LogP contribution in [-0.4, -0.2) is 45.2 Å². The molecule has 2 heterocycles. The Morgan fingerprint density at radius 3 is 2.96 bits per heavy atom. The molecule has 0 aliphatic heterocycles. The van der Waals surface area contributed by atoms with E-state index in [2.05, 4.69) is 10.1 Å². The molecule has 3 rings (SSSR count). The van der Waals surface area contributed by atoms with Crippen molar-refractivity contribution in [1.29, 1.82) is 0 Å². The van der Waals surface area contributed by atoms with Crippen molar-refractivity contribution < 1.29 is 19.4 Å². The van der Waals surface area contributed by atoms with E-state index in [1.165, 1.54) is 6.08 Å². The number of halogens is 1. The van der Waals surface area contributed by atoms with Crippen LogP contribution in [0.5, 0.6) is 5.88 Å². The zero-order valence-corrected chi connectivity index (χ0v) is 12.7. The van der Waals surface area contributed by atoms with E-state index in [0.29, 0.717) is 11.2 Å². The predicted molar refractivity (Wildman–Crippen MR) is 83.4 cm³/mol. The highest BCUT2D eigenvalue weighted by atomic mass is 35.5. The maximum atomic E-state index is 12.0. The van der Waals surface area contributed by atoms with Crippen LogP contribution in [-0.2, 0) is 9.59 Å². The topological polar surface area (TPSA) is 93.3 Å². The molecule has 23 heavy (non-hydrogen) atoms. The van der Waals surface area contributed by atoms with Crippen molar-refractivity contribution in [3.8, 4) is 5.88 Å². The van der Waals surface area contributed by atoms with Crippen molar-refractivity contribution in [3.63, 3.8) is 0 Å². The third-order valence-corrected chi connectivity index (χ3v) is 3.50.